The number of benzene rings is 2. The molecule has 6 nitrogen and oxygen atoms in total. The quantitative estimate of drug-likeness (QED) is 0.401. The summed E-state index contributed by atoms with van der Waals surface area (Å²) in [6.45, 7) is 1.33. The van der Waals surface area contributed by atoms with E-state index in [0.717, 1.165) is 22.6 Å². The van der Waals surface area contributed by atoms with Gasteiger partial charge in [0.2, 0.25) is 6.79 Å². The molecule has 26 heavy (non-hydrogen) atoms. The zero-order valence-corrected chi connectivity index (χ0v) is 17.2. The molecule has 1 heterocycles. The third kappa shape index (κ3) is 5.01. The van der Waals surface area contributed by atoms with Gasteiger partial charge in [0.1, 0.15) is 0 Å². The maximum absolute atomic E-state index is 10.3. The second-order valence-electron chi connectivity index (χ2n) is 5.90. The van der Waals surface area contributed by atoms with Crippen LogP contribution in [-0.4, -0.2) is 43.4 Å². The van der Waals surface area contributed by atoms with Crippen LogP contribution in [0.4, 0.5) is 0 Å². The smallest absolute Gasteiger partial charge is 0.231 e. The van der Waals surface area contributed by atoms with Crippen LogP contribution in [0, 0.1) is 0 Å². The fraction of sp³-hybridized carbons (Fsp3) is 0.316. The Kier molecular flexibility index (Phi) is 7.52. The molecule has 2 aromatic rings. The summed E-state index contributed by atoms with van der Waals surface area (Å²) in [6, 6.07) is 15.5. The van der Waals surface area contributed by atoms with Gasteiger partial charge < -0.3 is 24.8 Å². The maximum Gasteiger partial charge on any atom is 0.231 e. The lowest BCUT2D eigenvalue weighted by Crippen LogP contribution is -2.40. The van der Waals surface area contributed by atoms with E-state index in [1.165, 1.54) is 0 Å². The van der Waals surface area contributed by atoms with E-state index in [9.17, 15) is 5.11 Å². The second-order valence-corrected chi connectivity index (χ2v) is 5.90. The van der Waals surface area contributed by atoms with E-state index in [0.29, 0.717) is 19.0 Å². The number of fused-ring (bicyclic) bond motifs is 1. The molecule has 3 rings (SSSR count). The average Bonchev–Trinajstić information content (AvgIpc) is 3.10. The number of guanidine groups is 1. The Bertz CT molecular complexity index is 740. The number of rotatable bonds is 5. The fourth-order valence-electron chi connectivity index (χ4n) is 2.75. The lowest BCUT2D eigenvalue weighted by molar-refractivity contribution is 0.174. The molecule has 1 unspecified atom stereocenters. The topological polar surface area (TPSA) is 66.3 Å². The van der Waals surface area contributed by atoms with Gasteiger partial charge in [-0.25, -0.2) is 0 Å². The van der Waals surface area contributed by atoms with Crippen molar-refractivity contribution >= 4 is 29.9 Å². The molecule has 2 aromatic carbocycles. The van der Waals surface area contributed by atoms with E-state index in [-0.39, 0.29) is 30.8 Å². The van der Waals surface area contributed by atoms with Gasteiger partial charge in [-0.15, -0.1) is 24.0 Å². The Morgan fingerprint density at radius 3 is 2.65 bits per heavy atom. The molecule has 1 atom stereocenters. The highest BCUT2D eigenvalue weighted by Gasteiger charge is 2.15. The summed E-state index contributed by atoms with van der Waals surface area (Å²) in [4.78, 5) is 6.28. The first-order valence-electron chi connectivity index (χ1n) is 8.20. The number of hydrogen-bond acceptors (Lipinski definition) is 4. The third-order valence-electron chi connectivity index (χ3n) is 4.07. The van der Waals surface area contributed by atoms with E-state index in [1.807, 2.05) is 60.5 Å². The highest BCUT2D eigenvalue weighted by Crippen LogP contribution is 2.32. The SMILES string of the molecule is CN=C(NCC(O)c1ccccc1)N(C)Cc1ccc2c(c1)OCO2.I. The van der Waals surface area contributed by atoms with Crippen molar-refractivity contribution in [2.75, 3.05) is 27.4 Å². The van der Waals surface area contributed by atoms with E-state index < -0.39 is 6.10 Å². The number of nitrogens with one attached hydrogen (secondary N) is 1. The van der Waals surface area contributed by atoms with Crippen LogP contribution in [0.1, 0.15) is 17.2 Å². The summed E-state index contributed by atoms with van der Waals surface area (Å²) in [5.74, 6) is 2.26. The first-order chi connectivity index (χ1) is 12.2. The van der Waals surface area contributed by atoms with Crippen molar-refractivity contribution in [2.24, 2.45) is 4.99 Å². The van der Waals surface area contributed by atoms with Crippen LogP contribution >= 0.6 is 24.0 Å². The second kappa shape index (κ2) is 9.63. The molecule has 0 aromatic heterocycles. The number of aliphatic hydroxyl groups excluding tert-OH is 1. The van der Waals surface area contributed by atoms with Crippen LogP contribution in [0.2, 0.25) is 0 Å². The lowest BCUT2D eigenvalue weighted by atomic mass is 10.1. The molecule has 0 radical (unpaired) electrons. The molecular weight excluding hydrogens is 445 g/mol. The molecule has 0 saturated heterocycles. The molecule has 7 heteroatoms. The molecule has 1 aliphatic heterocycles. The third-order valence-corrected chi connectivity index (χ3v) is 4.07. The van der Waals surface area contributed by atoms with Gasteiger partial charge >= 0.3 is 0 Å². The predicted molar refractivity (Wildman–Crippen MR) is 112 cm³/mol. The van der Waals surface area contributed by atoms with Crippen LogP contribution in [-0.2, 0) is 6.54 Å². The standard InChI is InChI=1S/C19H23N3O3.HI/c1-20-19(21-11-16(23)15-6-4-3-5-7-15)22(2)12-14-8-9-17-18(10-14)25-13-24-17;/h3-10,16,23H,11-13H2,1-2H3,(H,20,21);1H. The van der Waals surface area contributed by atoms with Gasteiger partial charge in [0.25, 0.3) is 0 Å². The van der Waals surface area contributed by atoms with Crippen molar-refractivity contribution in [1.82, 2.24) is 10.2 Å². The van der Waals surface area contributed by atoms with Gasteiger partial charge in [-0.2, -0.15) is 0 Å². The molecule has 0 aliphatic carbocycles. The number of nitrogens with zero attached hydrogens (tertiary/aromatic N) is 2. The molecule has 0 spiro atoms. The van der Waals surface area contributed by atoms with Crippen LogP contribution in [0.15, 0.2) is 53.5 Å². The van der Waals surface area contributed by atoms with Gasteiger partial charge in [-0.3, -0.25) is 4.99 Å². The summed E-state index contributed by atoms with van der Waals surface area (Å²) in [5, 5.41) is 13.5. The summed E-state index contributed by atoms with van der Waals surface area (Å²) in [5.41, 5.74) is 1.97. The normalized spacial score (nSPS) is 13.7. The summed E-state index contributed by atoms with van der Waals surface area (Å²) < 4.78 is 10.8. The van der Waals surface area contributed by atoms with Crippen molar-refractivity contribution in [1.29, 1.82) is 0 Å². The lowest BCUT2D eigenvalue weighted by Gasteiger charge is -2.23. The molecule has 2 N–H and O–H groups in total. The molecule has 1 aliphatic rings. The largest absolute Gasteiger partial charge is 0.454 e. The minimum absolute atomic E-state index is 0. The minimum Gasteiger partial charge on any atom is -0.454 e. The predicted octanol–water partition coefficient (Wildman–Crippen LogP) is 2.77. The Morgan fingerprint density at radius 2 is 1.92 bits per heavy atom. The van der Waals surface area contributed by atoms with Crippen LogP contribution in [0.5, 0.6) is 11.5 Å². The summed E-state index contributed by atoms with van der Waals surface area (Å²) in [7, 11) is 3.68. The van der Waals surface area contributed by atoms with Gasteiger partial charge in [-0.05, 0) is 23.3 Å². The van der Waals surface area contributed by atoms with Crippen molar-refractivity contribution in [3.05, 3.63) is 59.7 Å². The monoisotopic (exact) mass is 469 g/mol. The minimum atomic E-state index is -0.586. The average molecular weight is 469 g/mol. The zero-order valence-electron chi connectivity index (χ0n) is 14.9. The maximum atomic E-state index is 10.3. The van der Waals surface area contributed by atoms with Crippen molar-refractivity contribution in [2.45, 2.75) is 12.6 Å². The number of aliphatic imine (C=N–C) groups is 1. The van der Waals surface area contributed by atoms with Gasteiger partial charge in [0.15, 0.2) is 17.5 Å². The van der Waals surface area contributed by atoms with Crippen molar-refractivity contribution in [3.63, 3.8) is 0 Å². The number of ether oxygens (including phenoxy) is 2. The molecule has 140 valence electrons. The van der Waals surface area contributed by atoms with Crippen LogP contribution in [0.3, 0.4) is 0 Å². The van der Waals surface area contributed by atoms with E-state index >= 15 is 0 Å². The number of aliphatic hydroxyl groups is 1. The van der Waals surface area contributed by atoms with Crippen molar-refractivity contribution < 1.29 is 14.6 Å². The zero-order chi connectivity index (χ0) is 17.6. The van der Waals surface area contributed by atoms with E-state index in [4.69, 9.17) is 9.47 Å². The van der Waals surface area contributed by atoms with Gasteiger partial charge in [0.05, 0.1) is 6.10 Å². The molecule has 0 amide bonds. The molecule has 0 fully saturated rings. The first kappa shape index (κ1) is 20.3. The highest BCUT2D eigenvalue weighted by atomic mass is 127. The number of hydrogen-bond donors (Lipinski definition) is 2. The molecular formula is C19H24IN3O3. The van der Waals surface area contributed by atoms with Crippen LogP contribution in [0.25, 0.3) is 0 Å². The van der Waals surface area contributed by atoms with Gasteiger partial charge in [-0.1, -0.05) is 36.4 Å². The fourth-order valence-corrected chi connectivity index (χ4v) is 2.75. The number of halogens is 1. The summed E-state index contributed by atoms with van der Waals surface area (Å²) >= 11 is 0. The van der Waals surface area contributed by atoms with E-state index in [2.05, 4.69) is 10.3 Å². The molecule has 0 saturated carbocycles. The van der Waals surface area contributed by atoms with Crippen molar-refractivity contribution in [3.8, 4) is 11.5 Å². The van der Waals surface area contributed by atoms with Crippen LogP contribution < -0.4 is 14.8 Å². The Morgan fingerprint density at radius 1 is 1.19 bits per heavy atom. The Labute approximate surface area is 170 Å². The first-order valence-corrected chi connectivity index (χ1v) is 8.20. The van der Waals surface area contributed by atoms with Gasteiger partial charge in [0, 0.05) is 27.2 Å². The Hall–Kier alpha value is -2.00. The highest BCUT2D eigenvalue weighted by molar-refractivity contribution is 14.0. The molecule has 0 bridgehead atoms. The Balaban J connectivity index is 0.00000243. The van der Waals surface area contributed by atoms with E-state index in [1.54, 1.807) is 7.05 Å². The summed E-state index contributed by atoms with van der Waals surface area (Å²) in [6.07, 6.45) is -0.586.